The van der Waals surface area contributed by atoms with Gasteiger partial charge in [-0.25, -0.2) is 9.59 Å². The zero-order valence-electron chi connectivity index (χ0n) is 14.9. The van der Waals surface area contributed by atoms with E-state index in [4.69, 9.17) is 25.5 Å². The monoisotopic (exact) mass is 401 g/mol. The number of hydrogen-bond donors (Lipinski definition) is 1. The minimum absolute atomic E-state index is 0.118. The quantitative estimate of drug-likeness (QED) is 0.295. The van der Waals surface area contributed by atoms with Crippen LogP contribution in [0.4, 0.5) is 0 Å². The van der Waals surface area contributed by atoms with Gasteiger partial charge in [0, 0.05) is 30.1 Å². The van der Waals surface area contributed by atoms with Crippen LogP contribution in [-0.4, -0.2) is 32.1 Å². The number of nitrogens with one attached hydrogen (secondary N) is 1. The van der Waals surface area contributed by atoms with Crippen LogP contribution in [0.2, 0.25) is 5.02 Å². The summed E-state index contributed by atoms with van der Waals surface area (Å²) in [5.41, 5.74) is -0.431. The van der Waals surface area contributed by atoms with E-state index in [1.54, 1.807) is 24.3 Å². The van der Waals surface area contributed by atoms with Crippen molar-refractivity contribution in [2.45, 2.75) is 0 Å². The molecule has 0 aliphatic heterocycles. The topological polar surface area (TPSA) is 94.8 Å². The fourth-order valence-electron chi connectivity index (χ4n) is 2.46. The summed E-state index contributed by atoms with van der Waals surface area (Å²) in [4.78, 5) is 36.4. The predicted molar refractivity (Wildman–Crippen MR) is 103 cm³/mol. The molecule has 7 nitrogen and oxygen atoms in total. The van der Waals surface area contributed by atoms with Gasteiger partial charge in [-0.15, -0.1) is 0 Å². The predicted octanol–water partition coefficient (Wildman–Crippen LogP) is 3.04. The van der Waals surface area contributed by atoms with Crippen molar-refractivity contribution in [1.82, 2.24) is 5.32 Å². The number of carbonyl (C=O) groups is 2. The Morgan fingerprint density at radius 2 is 1.96 bits per heavy atom. The van der Waals surface area contributed by atoms with Crippen molar-refractivity contribution in [3.8, 4) is 5.75 Å². The minimum Gasteiger partial charge on any atom is -0.423 e. The summed E-state index contributed by atoms with van der Waals surface area (Å²) in [5.74, 6) is -0.958. The summed E-state index contributed by atoms with van der Waals surface area (Å²) in [6.45, 7) is 0.594. The van der Waals surface area contributed by atoms with Gasteiger partial charge in [0.25, 0.3) is 5.91 Å². The number of carbonyl (C=O) groups excluding carboxylic acids is 2. The molecule has 0 spiro atoms. The molecule has 3 rings (SSSR count). The number of fused-ring (bicyclic) bond motifs is 1. The van der Waals surface area contributed by atoms with Gasteiger partial charge in [-0.1, -0.05) is 17.7 Å². The molecule has 3 aromatic rings. The Morgan fingerprint density at radius 1 is 1.14 bits per heavy atom. The highest BCUT2D eigenvalue weighted by molar-refractivity contribution is 6.30. The summed E-state index contributed by atoms with van der Waals surface area (Å²) in [6.07, 6.45) is 0. The first-order valence-corrected chi connectivity index (χ1v) is 8.68. The van der Waals surface area contributed by atoms with E-state index in [2.05, 4.69) is 5.32 Å². The van der Waals surface area contributed by atoms with Gasteiger partial charge in [-0.2, -0.15) is 0 Å². The van der Waals surface area contributed by atoms with E-state index < -0.39 is 17.5 Å². The molecule has 0 aliphatic carbocycles. The Kier molecular flexibility index (Phi) is 6.08. The molecule has 1 amide bonds. The molecule has 0 saturated carbocycles. The van der Waals surface area contributed by atoms with Gasteiger partial charge >= 0.3 is 11.6 Å². The summed E-state index contributed by atoms with van der Waals surface area (Å²) in [6, 6.07) is 12.3. The van der Waals surface area contributed by atoms with Crippen molar-refractivity contribution >= 4 is 34.4 Å². The van der Waals surface area contributed by atoms with Gasteiger partial charge in [0.1, 0.15) is 16.9 Å². The average Bonchev–Trinajstić information content (AvgIpc) is 2.67. The molecule has 2 aromatic carbocycles. The number of amides is 1. The standard InChI is InChI=1S/C20H16ClNO6/c1-26-8-7-22-18(23)16-10-12-5-6-15(11-17(12)28-20(16)25)27-19(24)13-3-2-4-14(21)9-13/h2-6,9-11H,7-8H2,1H3,(H,22,23). The summed E-state index contributed by atoms with van der Waals surface area (Å²) < 4.78 is 15.3. The third-order valence-corrected chi connectivity index (χ3v) is 4.05. The molecule has 0 atom stereocenters. The first-order chi connectivity index (χ1) is 13.5. The lowest BCUT2D eigenvalue weighted by atomic mass is 10.1. The molecule has 8 heteroatoms. The molecule has 0 unspecified atom stereocenters. The lowest BCUT2D eigenvalue weighted by molar-refractivity contribution is 0.0734. The fourth-order valence-corrected chi connectivity index (χ4v) is 2.65. The van der Waals surface area contributed by atoms with E-state index >= 15 is 0 Å². The number of rotatable bonds is 6. The van der Waals surface area contributed by atoms with Gasteiger partial charge < -0.3 is 19.2 Å². The van der Waals surface area contributed by atoms with Gasteiger partial charge in [0.2, 0.25) is 0 Å². The van der Waals surface area contributed by atoms with Crippen molar-refractivity contribution in [3.05, 3.63) is 75.1 Å². The molecule has 1 N–H and O–H groups in total. The van der Waals surface area contributed by atoms with Crippen molar-refractivity contribution in [2.24, 2.45) is 0 Å². The summed E-state index contributed by atoms with van der Waals surface area (Å²) in [5, 5.41) is 3.49. The van der Waals surface area contributed by atoms with Crippen LogP contribution in [0.15, 0.2) is 57.7 Å². The largest absolute Gasteiger partial charge is 0.423 e. The van der Waals surface area contributed by atoms with Crippen LogP contribution in [0.3, 0.4) is 0 Å². The number of methoxy groups -OCH3 is 1. The van der Waals surface area contributed by atoms with Crippen molar-refractivity contribution in [1.29, 1.82) is 0 Å². The van der Waals surface area contributed by atoms with Crippen LogP contribution < -0.4 is 15.7 Å². The normalized spacial score (nSPS) is 10.6. The summed E-state index contributed by atoms with van der Waals surface area (Å²) >= 11 is 5.87. The van der Waals surface area contributed by atoms with E-state index in [-0.39, 0.29) is 29.0 Å². The Morgan fingerprint density at radius 3 is 2.71 bits per heavy atom. The lowest BCUT2D eigenvalue weighted by Gasteiger charge is -2.07. The Bertz CT molecular complexity index is 1090. The number of halogens is 1. The zero-order chi connectivity index (χ0) is 20.1. The maximum atomic E-state index is 12.2. The molecule has 1 heterocycles. The second-order valence-electron chi connectivity index (χ2n) is 5.80. The van der Waals surface area contributed by atoms with Gasteiger partial charge in [0.15, 0.2) is 0 Å². The minimum atomic E-state index is -0.791. The second-order valence-corrected chi connectivity index (χ2v) is 6.23. The highest BCUT2D eigenvalue weighted by atomic mass is 35.5. The van der Waals surface area contributed by atoms with Crippen LogP contribution in [0.5, 0.6) is 5.75 Å². The van der Waals surface area contributed by atoms with E-state index in [9.17, 15) is 14.4 Å². The number of esters is 1. The number of ether oxygens (including phenoxy) is 2. The highest BCUT2D eigenvalue weighted by Gasteiger charge is 2.15. The van der Waals surface area contributed by atoms with Crippen molar-refractivity contribution in [3.63, 3.8) is 0 Å². The SMILES string of the molecule is COCCNC(=O)c1cc2ccc(OC(=O)c3cccc(Cl)c3)cc2oc1=O. The van der Waals surface area contributed by atoms with Crippen LogP contribution in [0.1, 0.15) is 20.7 Å². The molecule has 28 heavy (non-hydrogen) atoms. The molecule has 0 saturated heterocycles. The molecule has 1 aromatic heterocycles. The number of benzene rings is 2. The first-order valence-electron chi connectivity index (χ1n) is 8.31. The Labute approximate surface area is 164 Å². The van der Waals surface area contributed by atoms with Crippen molar-refractivity contribution in [2.75, 3.05) is 20.3 Å². The Balaban J connectivity index is 1.82. The third-order valence-electron chi connectivity index (χ3n) is 3.81. The first kappa shape index (κ1) is 19.6. The summed E-state index contributed by atoms with van der Waals surface area (Å²) in [7, 11) is 1.51. The number of hydrogen-bond acceptors (Lipinski definition) is 6. The average molecular weight is 402 g/mol. The smallest absolute Gasteiger partial charge is 0.349 e. The van der Waals surface area contributed by atoms with Crippen LogP contribution in [0.25, 0.3) is 11.0 Å². The van der Waals surface area contributed by atoms with E-state index in [1.165, 1.54) is 31.4 Å². The molecule has 0 radical (unpaired) electrons. The third kappa shape index (κ3) is 4.57. The van der Waals surface area contributed by atoms with Gasteiger partial charge in [-0.05, 0) is 36.4 Å². The molecule has 0 fully saturated rings. The van der Waals surface area contributed by atoms with E-state index in [0.717, 1.165) is 0 Å². The van der Waals surface area contributed by atoms with Crippen molar-refractivity contribution < 1.29 is 23.5 Å². The highest BCUT2D eigenvalue weighted by Crippen LogP contribution is 2.22. The lowest BCUT2D eigenvalue weighted by Crippen LogP contribution is -2.30. The van der Waals surface area contributed by atoms with E-state index in [0.29, 0.717) is 17.0 Å². The van der Waals surface area contributed by atoms with Crippen LogP contribution in [0, 0.1) is 0 Å². The fraction of sp³-hybridized carbons (Fsp3) is 0.150. The van der Waals surface area contributed by atoms with Crippen LogP contribution >= 0.6 is 11.6 Å². The van der Waals surface area contributed by atoms with E-state index in [1.807, 2.05) is 0 Å². The second kappa shape index (κ2) is 8.69. The maximum Gasteiger partial charge on any atom is 0.349 e. The molecule has 144 valence electrons. The molecule has 0 bridgehead atoms. The zero-order valence-corrected chi connectivity index (χ0v) is 15.6. The van der Waals surface area contributed by atoms with Gasteiger partial charge in [0.05, 0.1) is 12.2 Å². The molecular weight excluding hydrogens is 386 g/mol. The van der Waals surface area contributed by atoms with Crippen LogP contribution in [-0.2, 0) is 4.74 Å². The molecule has 0 aliphatic rings. The Hall–Kier alpha value is -3.16. The molecular formula is C20H16ClNO6. The maximum absolute atomic E-state index is 12.2. The van der Waals surface area contributed by atoms with Gasteiger partial charge in [-0.3, -0.25) is 4.79 Å².